The van der Waals surface area contributed by atoms with Crippen molar-refractivity contribution < 1.29 is 0 Å². The Balaban J connectivity index is 2.09. The summed E-state index contributed by atoms with van der Waals surface area (Å²) in [7, 11) is 0. The number of pyridine rings is 1. The van der Waals surface area contributed by atoms with Crippen LogP contribution in [0.3, 0.4) is 0 Å². The lowest BCUT2D eigenvalue weighted by atomic mass is 10.0. The SMILES string of the molecule is Cc1ccc(C(Cl)Cc2ccncc2)cc1. The molecule has 0 aliphatic rings. The van der Waals surface area contributed by atoms with Crippen molar-refractivity contribution in [1.29, 1.82) is 0 Å². The summed E-state index contributed by atoms with van der Waals surface area (Å²) in [6, 6.07) is 12.4. The highest BCUT2D eigenvalue weighted by atomic mass is 35.5. The summed E-state index contributed by atoms with van der Waals surface area (Å²) in [6.07, 6.45) is 4.44. The predicted octanol–water partition coefficient (Wildman–Crippen LogP) is 3.91. The van der Waals surface area contributed by atoms with E-state index >= 15 is 0 Å². The minimum absolute atomic E-state index is 0.0306. The van der Waals surface area contributed by atoms with Crippen LogP contribution in [0.5, 0.6) is 0 Å². The molecule has 0 spiro atoms. The highest BCUT2D eigenvalue weighted by Gasteiger charge is 2.08. The van der Waals surface area contributed by atoms with Gasteiger partial charge in [0.05, 0.1) is 5.38 Å². The van der Waals surface area contributed by atoms with Gasteiger partial charge in [0.25, 0.3) is 0 Å². The van der Waals surface area contributed by atoms with Crippen LogP contribution in [0.1, 0.15) is 22.1 Å². The van der Waals surface area contributed by atoms with Crippen molar-refractivity contribution in [1.82, 2.24) is 4.98 Å². The van der Waals surface area contributed by atoms with Crippen LogP contribution in [0.4, 0.5) is 0 Å². The second-order valence-corrected chi connectivity index (χ2v) is 4.46. The quantitative estimate of drug-likeness (QED) is 0.730. The Morgan fingerprint density at radius 1 is 1.06 bits per heavy atom. The third-order valence-electron chi connectivity index (χ3n) is 2.60. The molecule has 16 heavy (non-hydrogen) atoms. The maximum atomic E-state index is 6.37. The lowest BCUT2D eigenvalue weighted by Crippen LogP contribution is -1.95. The van der Waals surface area contributed by atoms with Crippen molar-refractivity contribution >= 4 is 11.6 Å². The fourth-order valence-corrected chi connectivity index (χ4v) is 1.94. The number of nitrogens with zero attached hydrogens (tertiary/aromatic N) is 1. The Hall–Kier alpha value is -1.34. The van der Waals surface area contributed by atoms with Crippen LogP contribution in [0.2, 0.25) is 0 Å². The third kappa shape index (κ3) is 2.83. The van der Waals surface area contributed by atoms with E-state index in [2.05, 4.69) is 36.2 Å². The summed E-state index contributed by atoms with van der Waals surface area (Å²) in [6.45, 7) is 2.08. The van der Waals surface area contributed by atoms with E-state index in [9.17, 15) is 0 Å². The maximum Gasteiger partial charge on any atom is 0.0625 e. The molecule has 2 heteroatoms. The molecule has 1 unspecified atom stereocenters. The van der Waals surface area contributed by atoms with Crippen molar-refractivity contribution in [2.75, 3.05) is 0 Å². The molecule has 0 radical (unpaired) electrons. The number of benzene rings is 1. The van der Waals surface area contributed by atoms with Crippen molar-refractivity contribution in [2.45, 2.75) is 18.7 Å². The first kappa shape index (κ1) is 11.2. The summed E-state index contributed by atoms with van der Waals surface area (Å²) < 4.78 is 0. The van der Waals surface area contributed by atoms with Gasteiger partial charge in [-0.25, -0.2) is 0 Å². The fourth-order valence-electron chi connectivity index (χ4n) is 1.62. The summed E-state index contributed by atoms with van der Waals surface area (Å²) in [4.78, 5) is 3.99. The smallest absolute Gasteiger partial charge is 0.0625 e. The first-order valence-electron chi connectivity index (χ1n) is 5.35. The third-order valence-corrected chi connectivity index (χ3v) is 3.01. The topological polar surface area (TPSA) is 12.9 Å². The zero-order chi connectivity index (χ0) is 11.4. The molecular weight excluding hydrogens is 218 g/mol. The van der Waals surface area contributed by atoms with Gasteiger partial charge in [-0.15, -0.1) is 11.6 Å². The Labute approximate surface area is 101 Å². The monoisotopic (exact) mass is 231 g/mol. The van der Waals surface area contributed by atoms with Crippen LogP contribution in [-0.2, 0) is 6.42 Å². The van der Waals surface area contributed by atoms with Gasteiger partial charge in [-0.05, 0) is 36.6 Å². The molecule has 2 rings (SSSR count). The van der Waals surface area contributed by atoms with Gasteiger partial charge < -0.3 is 0 Å². The molecule has 82 valence electrons. The molecule has 0 aliphatic heterocycles. The van der Waals surface area contributed by atoms with Gasteiger partial charge in [-0.2, -0.15) is 0 Å². The lowest BCUT2D eigenvalue weighted by molar-refractivity contribution is 0.915. The molecule has 2 aromatic rings. The average molecular weight is 232 g/mol. The molecule has 0 amide bonds. The zero-order valence-corrected chi connectivity index (χ0v) is 9.98. The highest BCUT2D eigenvalue weighted by Crippen LogP contribution is 2.24. The second kappa shape index (κ2) is 5.13. The fraction of sp³-hybridized carbons (Fsp3) is 0.214. The minimum Gasteiger partial charge on any atom is -0.265 e. The molecule has 0 saturated heterocycles. The van der Waals surface area contributed by atoms with Gasteiger partial charge in [0.15, 0.2) is 0 Å². The second-order valence-electron chi connectivity index (χ2n) is 3.94. The molecule has 0 aliphatic carbocycles. The molecular formula is C14H14ClN. The first-order chi connectivity index (χ1) is 7.75. The predicted molar refractivity (Wildman–Crippen MR) is 67.7 cm³/mol. The highest BCUT2D eigenvalue weighted by molar-refractivity contribution is 6.20. The van der Waals surface area contributed by atoms with E-state index < -0.39 is 0 Å². The average Bonchev–Trinajstić information content (AvgIpc) is 2.31. The standard InChI is InChI=1S/C14H14ClN/c1-11-2-4-13(5-3-11)14(15)10-12-6-8-16-9-7-12/h2-9,14H,10H2,1H3. The van der Waals surface area contributed by atoms with Gasteiger partial charge in [0.1, 0.15) is 0 Å². The Bertz CT molecular complexity index is 436. The maximum absolute atomic E-state index is 6.37. The number of aromatic nitrogens is 1. The van der Waals surface area contributed by atoms with Crippen LogP contribution in [-0.4, -0.2) is 4.98 Å². The van der Waals surface area contributed by atoms with Crippen molar-refractivity contribution in [3.05, 3.63) is 65.5 Å². The van der Waals surface area contributed by atoms with Crippen LogP contribution < -0.4 is 0 Å². The number of hydrogen-bond acceptors (Lipinski definition) is 1. The first-order valence-corrected chi connectivity index (χ1v) is 5.79. The van der Waals surface area contributed by atoms with E-state index in [1.165, 1.54) is 16.7 Å². The lowest BCUT2D eigenvalue weighted by Gasteiger charge is -2.09. The Morgan fingerprint density at radius 3 is 2.31 bits per heavy atom. The molecule has 1 nitrogen and oxygen atoms in total. The summed E-state index contributed by atoms with van der Waals surface area (Å²) in [5.41, 5.74) is 3.65. The minimum atomic E-state index is 0.0306. The van der Waals surface area contributed by atoms with Crippen LogP contribution in [0.25, 0.3) is 0 Å². The number of hydrogen-bond donors (Lipinski definition) is 0. The van der Waals surface area contributed by atoms with Crippen LogP contribution in [0, 0.1) is 6.92 Å². The molecule has 1 atom stereocenters. The molecule has 0 saturated carbocycles. The van der Waals surface area contributed by atoms with Crippen LogP contribution >= 0.6 is 11.6 Å². The number of halogens is 1. The molecule has 1 aromatic heterocycles. The van der Waals surface area contributed by atoms with Gasteiger partial charge in [0, 0.05) is 12.4 Å². The number of alkyl halides is 1. The van der Waals surface area contributed by atoms with E-state index in [-0.39, 0.29) is 5.38 Å². The van der Waals surface area contributed by atoms with Gasteiger partial charge in [0.2, 0.25) is 0 Å². The van der Waals surface area contributed by atoms with Gasteiger partial charge in [-0.1, -0.05) is 29.8 Å². The van der Waals surface area contributed by atoms with E-state index in [1.807, 2.05) is 12.1 Å². The summed E-state index contributed by atoms with van der Waals surface area (Å²) in [5, 5.41) is 0.0306. The summed E-state index contributed by atoms with van der Waals surface area (Å²) in [5.74, 6) is 0. The van der Waals surface area contributed by atoms with Gasteiger partial charge >= 0.3 is 0 Å². The van der Waals surface area contributed by atoms with Crippen LogP contribution in [0.15, 0.2) is 48.8 Å². The molecule has 0 N–H and O–H groups in total. The molecule has 1 heterocycles. The Kier molecular flexibility index (Phi) is 3.58. The summed E-state index contributed by atoms with van der Waals surface area (Å²) >= 11 is 6.37. The molecule has 0 bridgehead atoms. The number of aryl methyl sites for hydroxylation is 1. The van der Waals surface area contributed by atoms with E-state index in [0.717, 1.165) is 6.42 Å². The normalized spacial score (nSPS) is 12.4. The van der Waals surface area contributed by atoms with E-state index in [4.69, 9.17) is 11.6 Å². The van der Waals surface area contributed by atoms with Crippen molar-refractivity contribution in [2.24, 2.45) is 0 Å². The molecule has 1 aromatic carbocycles. The largest absolute Gasteiger partial charge is 0.265 e. The van der Waals surface area contributed by atoms with Crippen molar-refractivity contribution in [3.8, 4) is 0 Å². The molecule has 0 fully saturated rings. The van der Waals surface area contributed by atoms with E-state index in [0.29, 0.717) is 0 Å². The Morgan fingerprint density at radius 2 is 1.69 bits per heavy atom. The van der Waals surface area contributed by atoms with Gasteiger partial charge in [-0.3, -0.25) is 4.98 Å². The number of rotatable bonds is 3. The van der Waals surface area contributed by atoms with Crippen molar-refractivity contribution in [3.63, 3.8) is 0 Å². The zero-order valence-electron chi connectivity index (χ0n) is 9.23. The van der Waals surface area contributed by atoms with E-state index in [1.54, 1.807) is 12.4 Å².